The van der Waals surface area contributed by atoms with Crippen molar-refractivity contribution in [2.75, 3.05) is 5.32 Å². The molecule has 0 atom stereocenters. The zero-order valence-corrected chi connectivity index (χ0v) is 11.4. The molecule has 0 aliphatic heterocycles. The highest BCUT2D eigenvalue weighted by atomic mass is 19.3. The second-order valence-electron chi connectivity index (χ2n) is 5.11. The van der Waals surface area contributed by atoms with Gasteiger partial charge in [-0.3, -0.25) is 4.79 Å². The van der Waals surface area contributed by atoms with E-state index in [-0.39, 0.29) is 11.7 Å². The van der Waals surface area contributed by atoms with Gasteiger partial charge in [0.1, 0.15) is 11.2 Å². The highest BCUT2D eigenvalue weighted by molar-refractivity contribution is 5.97. The first-order chi connectivity index (χ1) is 10.1. The smallest absolute Gasteiger partial charge is 0.387 e. The van der Waals surface area contributed by atoms with Gasteiger partial charge in [-0.1, -0.05) is 19.3 Å². The van der Waals surface area contributed by atoms with Gasteiger partial charge >= 0.3 is 6.61 Å². The molecule has 0 radical (unpaired) electrons. The van der Waals surface area contributed by atoms with E-state index in [4.69, 9.17) is 0 Å². The molecule has 1 aliphatic carbocycles. The monoisotopic (exact) mass is 294 g/mol. The summed E-state index contributed by atoms with van der Waals surface area (Å²) in [6, 6.07) is 7.79. The van der Waals surface area contributed by atoms with E-state index >= 15 is 0 Å². The average Bonchev–Trinajstić information content (AvgIpc) is 2.49. The lowest BCUT2D eigenvalue weighted by atomic mass is 9.74. The minimum atomic E-state index is -2.88. The number of amides is 1. The largest absolute Gasteiger partial charge is 0.435 e. The molecule has 0 bridgehead atoms. The van der Waals surface area contributed by atoms with Crippen molar-refractivity contribution < 1.29 is 18.3 Å². The number of benzene rings is 1. The van der Waals surface area contributed by atoms with Crippen LogP contribution in [0.15, 0.2) is 24.3 Å². The number of nitrogens with zero attached hydrogens (tertiary/aromatic N) is 1. The van der Waals surface area contributed by atoms with E-state index in [1.54, 1.807) is 0 Å². The minimum Gasteiger partial charge on any atom is -0.435 e. The normalized spacial score (nSPS) is 17.0. The lowest BCUT2D eigenvalue weighted by molar-refractivity contribution is -0.124. The van der Waals surface area contributed by atoms with Crippen molar-refractivity contribution in [2.45, 2.75) is 38.7 Å². The summed E-state index contributed by atoms with van der Waals surface area (Å²) in [4.78, 5) is 12.3. The van der Waals surface area contributed by atoms with Gasteiger partial charge in [-0.05, 0) is 37.1 Å². The van der Waals surface area contributed by atoms with Gasteiger partial charge in [0.25, 0.3) is 0 Å². The number of carbonyl (C=O) groups excluding carboxylic acids is 1. The molecule has 0 spiro atoms. The molecule has 2 rings (SSSR count). The Hall–Kier alpha value is -2.16. The van der Waals surface area contributed by atoms with Gasteiger partial charge in [0, 0.05) is 5.69 Å². The molecule has 1 fully saturated rings. The summed E-state index contributed by atoms with van der Waals surface area (Å²) in [6.07, 6.45) is 3.88. The van der Waals surface area contributed by atoms with E-state index in [1.165, 1.54) is 24.3 Å². The predicted molar refractivity (Wildman–Crippen MR) is 72.8 cm³/mol. The Morgan fingerprint density at radius 2 is 1.86 bits per heavy atom. The third-order valence-corrected chi connectivity index (χ3v) is 3.69. The maximum Gasteiger partial charge on any atom is 0.387 e. The van der Waals surface area contributed by atoms with Crippen molar-refractivity contribution >= 4 is 11.6 Å². The van der Waals surface area contributed by atoms with Crippen LogP contribution >= 0.6 is 0 Å². The number of nitriles is 1. The number of hydrogen-bond donors (Lipinski definition) is 1. The van der Waals surface area contributed by atoms with Gasteiger partial charge in [0.05, 0.1) is 6.07 Å². The number of nitrogens with one attached hydrogen (secondary N) is 1. The number of hydrogen-bond acceptors (Lipinski definition) is 3. The SMILES string of the molecule is N#CC1(C(=O)Nc2ccc(OC(F)F)cc2)CCCCC1. The quantitative estimate of drug-likeness (QED) is 0.921. The van der Waals surface area contributed by atoms with E-state index in [0.717, 1.165) is 19.3 Å². The summed E-state index contributed by atoms with van der Waals surface area (Å²) >= 11 is 0. The van der Waals surface area contributed by atoms with Crippen molar-refractivity contribution in [2.24, 2.45) is 5.41 Å². The van der Waals surface area contributed by atoms with E-state index in [0.29, 0.717) is 18.5 Å². The van der Waals surface area contributed by atoms with Gasteiger partial charge in [-0.25, -0.2) is 0 Å². The van der Waals surface area contributed by atoms with Crippen LogP contribution in [0.25, 0.3) is 0 Å². The van der Waals surface area contributed by atoms with Crippen molar-refractivity contribution in [3.8, 4) is 11.8 Å². The molecular weight excluding hydrogens is 278 g/mol. The first-order valence-electron chi connectivity index (χ1n) is 6.83. The third-order valence-electron chi connectivity index (χ3n) is 3.69. The van der Waals surface area contributed by atoms with Crippen LogP contribution in [0.4, 0.5) is 14.5 Å². The number of alkyl halides is 2. The second-order valence-corrected chi connectivity index (χ2v) is 5.11. The molecule has 1 saturated carbocycles. The fourth-order valence-electron chi connectivity index (χ4n) is 2.52. The van der Waals surface area contributed by atoms with Gasteiger partial charge in [-0.2, -0.15) is 14.0 Å². The summed E-state index contributed by atoms with van der Waals surface area (Å²) in [7, 11) is 0. The Morgan fingerprint density at radius 1 is 1.24 bits per heavy atom. The topological polar surface area (TPSA) is 62.1 Å². The van der Waals surface area contributed by atoms with Crippen molar-refractivity contribution in [3.63, 3.8) is 0 Å². The molecule has 21 heavy (non-hydrogen) atoms. The molecule has 4 nitrogen and oxygen atoms in total. The molecule has 112 valence electrons. The van der Waals surface area contributed by atoms with Crippen LogP contribution in [0.3, 0.4) is 0 Å². The predicted octanol–water partition coefficient (Wildman–Crippen LogP) is 3.70. The Kier molecular flexibility index (Phi) is 4.73. The van der Waals surface area contributed by atoms with Gasteiger partial charge in [0.15, 0.2) is 0 Å². The number of anilines is 1. The highest BCUT2D eigenvalue weighted by Gasteiger charge is 2.39. The number of rotatable bonds is 4. The maximum atomic E-state index is 12.3. The second kappa shape index (κ2) is 6.53. The molecular formula is C15H16F2N2O2. The van der Waals surface area contributed by atoms with Crippen LogP contribution in [-0.4, -0.2) is 12.5 Å². The third kappa shape index (κ3) is 3.69. The van der Waals surface area contributed by atoms with Gasteiger partial charge in [-0.15, -0.1) is 0 Å². The van der Waals surface area contributed by atoms with E-state index in [1.807, 2.05) is 0 Å². The van der Waals surface area contributed by atoms with Gasteiger partial charge < -0.3 is 10.1 Å². The lowest BCUT2D eigenvalue weighted by Crippen LogP contribution is -2.36. The standard InChI is InChI=1S/C15H16F2N2O2/c16-14(17)21-12-6-4-11(5-7-12)19-13(20)15(10-18)8-2-1-3-9-15/h4-7,14H,1-3,8-9H2,(H,19,20). The fraction of sp³-hybridized carbons (Fsp3) is 0.467. The van der Waals surface area contributed by atoms with Crippen LogP contribution in [0.2, 0.25) is 0 Å². The van der Waals surface area contributed by atoms with Crippen molar-refractivity contribution in [1.29, 1.82) is 5.26 Å². The van der Waals surface area contributed by atoms with Gasteiger partial charge in [0.2, 0.25) is 5.91 Å². The molecule has 0 unspecified atom stereocenters. The molecule has 0 saturated heterocycles. The lowest BCUT2D eigenvalue weighted by Gasteiger charge is -2.29. The summed E-state index contributed by atoms with van der Waals surface area (Å²) in [5.41, 5.74) is -0.516. The van der Waals surface area contributed by atoms with E-state index < -0.39 is 12.0 Å². The first-order valence-corrected chi connectivity index (χ1v) is 6.83. The van der Waals surface area contributed by atoms with Crippen LogP contribution in [0, 0.1) is 16.7 Å². The number of carbonyl (C=O) groups is 1. The van der Waals surface area contributed by atoms with Crippen molar-refractivity contribution in [3.05, 3.63) is 24.3 Å². The molecule has 1 aromatic rings. The number of halogens is 2. The molecule has 0 heterocycles. The average molecular weight is 294 g/mol. The molecule has 1 amide bonds. The summed E-state index contributed by atoms with van der Waals surface area (Å²) < 4.78 is 28.3. The van der Waals surface area contributed by atoms with Crippen molar-refractivity contribution in [1.82, 2.24) is 0 Å². The zero-order chi connectivity index (χ0) is 15.3. The fourth-order valence-corrected chi connectivity index (χ4v) is 2.52. The van der Waals surface area contributed by atoms with Crippen LogP contribution < -0.4 is 10.1 Å². The zero-order valence-electron chi connectivity index (χ0n) is 11.4. The Labute approximate surface area is 121 Å². The van der Waals surface area contributed by atoms with E-state index in [2.05, 4.69) is 16.1 Å². The molecule has 1 aromatic carbocycles. The number of ether oxygens (including phenoxy) is 1. The highest BCUT2D eigenvalue weighted by Crippen LogP contribution is 2.36. The van der Waals surface area contributed by atoms with E-state index in [9.17, 15) is 18.8 Å². The van der Waals surface area contributed by atoms with Crippen LogP contribution in [-0.2, 0) is 4.79 Å². The summed E-state index contributed by atoms with van der Waals surface area (Å²) in [6.45, 7) is -2.88. The van der Waals surface area contributed by atoms with Crippen LogP contribution in [0.5, 0.6) is 5.75 Å². The molecule has 1 N–H and O–H groups in total. The Morgan fingerprint density at radius 3 is 2.38 bits per heavy atom. The first kappa shape index (κ1) is 15.2. The maximum absolute atomic E-state index is 12.3. The molecule has 1 aliphatic rings. The summed E-state index contributed by atoms with van der Waals surface area (Å²) in [5, 5.41) is 12.0. The molecule has 6 heteroatoms. The Bertz CT molecular complexity index is 532. The molecule has 0 aromatic heterocycles. The summed E-state index contributed by atoms with van der Waals surface area (Å²) in [5.74, 6) is -0.303. The minimum absolute atomic E-state index is 0.0238. The Balaban J connectivity index is 2.03. The van der Waals surface area contributed by atoms with Crippen LogP contribution in [0.1, 0.15) is 32.1 Å².